The average molecular weight is 443 g/mol. The lowest BCUT2D eigenvalue weighted by atomic mass is 10.00. The maximum Gasteiger partial charge on any atom is 0.410 e. The Kier molecular flexibility index (Phi) is 5.89. The number of fused-ring (bicyclic) bond motifs is 1. The molecule has 168 valence electrons. The Labute approximate surface area is 192 Å². The van der Waals surface area contributed by atoms with Crippen molar-refractivity contribution in [2.24, 2.45) is 0 Å². The maximum atomic E-state index is 12.8. The fraction of sp³-hybridized carbons (Fsp3) is 0.280. The molecule has 3 aromatic heterocycles. The summed E-state index contributed by atoms with van der Waals surface area (Å²) in [5, 5.41) is 3.46. The molecule has 0 radical (unpaired) electrons. The SMILES string of the molecule is CC1CCC(Nc2cncc(-c3cnc4ccccn34)n2)CN1C(=O)OCc1ccccc1. The first kappa shape index (κ1) is 20.9. The van der Waals surface area contributed by atoms with E-state index in [2.05, 4.69) is 22.2 Å². The number of nitrogens with one attached hydrogen (secondary N) is 1. The summed E-state index contributed by atoms with van der Waals surface area (Å²) in [6.45, 7) is 2.88. The van der Waals surface area contributed by atoms with Gasteiger partial charge in [0.2, 0.25) is 0 Å². The summed E-state index contributed by atoms with van der Waals surface area (Å²) >= 11 is 0. The van der Waals surface area contributed by atoms with Crippen molar-refractivity contribution in [2.45, 2.75) is 38.5 Å². The molecule has 2 unspecified atom stereocenters. The number of hydrogen-bond acceptors (Lipinski definition) is 6. The Bertz CT molecular complexity index is 1240. The molecule has 0 bridgehead atoms. The number of hydrogen-bond donors (Lipinski definition) is 1. The third kappa shape index (κ3) is 4.64. The van der Waals surface area contributed by atoms with Gasteiger partial charge in [-0.25, -0.2) is 14.8 Å². The minimum Gasteiger partial charge on any atom is -0.445 e. The van der Waals surface area contributed by atoms with Crippen molar-refractivity contribution in [3.63, 3.8) is 0 Å². The molecule has 0 saturated carbocycles. The standard InChI is InChI=1S/C25H26N6O2/c1-18-10-11-20(16-31(18)25(32)33-17-19-7-3-2-4-8-19)28-23-15-26-13-21(29-23)22-14-27-24-9-5-6-12-30(22)24/h2-9,12-15,18,20H,10-11,16-17H2,1H3,(H,28,29). The van der Waals surface area contributed by atoms with E-state index in [0.29, 0.717) is 12.4 Å². The molecule has 1 amide bonds. The van der Waals surface area contributed by atoms with E-state index in [1.807, 2.05) is 59.1 Å². The van der Waals surface area contributed by atoms with Crippen molar-refractivity contribution in [3.8, 4) is 11.4 Å². The number of pyridine rings is 1. The third-order valence-corrected chi connectivity index (χ3v) is 5.99. The zero-order valence-electron chi connectivity index (χ0n) is 18.5. The van der Waals surface area contributed by atoms with Gasteiger partial charge in [0.15, 0.2) is 0 Å². The number of amides is 1. The summed E-state index contributed by atoms with van der Waals surface area (Å²) in [4.78, 5) is 28.1. The van der Waals surface area contributed by atoms with Crippen LogP contribution in [-0.4, -0.2) is 49.0 Å². The van der Waals surface area contributed by atoms with Gasteiger partial charge in [-0.3, -0.25) is 9.38 Å². The summed E-state index contributed by atoms with van der Waals surface area (Å²) in [5.41, 5.74) is 3.45. The molecule has 1 fully saturated rings. The van der Waals surface area contributed by atoms with Crippen LogP contribution < -0.4 is 5.32 Å². The van der Waals surface area contributed by atoms with Gasteiger partial charge in [0.1, 0.15) is 23.8 Å². The largest absolute Gasteiger partial charge is 0.445 e. The van der Waals surface area contributed by atoms with Crippen molar-refractivity contribution < 1.29 is 9.53 Å². The molecule has 33 heavy (non-hydrogen) atoms. The van der Waals surface area contributed by atoms with E-state index in [4.69, 9.17) is 9.72 Å². The molecule has 4 heterocycles. The number of nitrogens with zero attached hydrogens (tertiary/aromatic N) is 5. The van der Waals surface area contributed by atoms with E-state index >= 15 is 0 Å². The molecule has 0 aliphatic carbocycles. The van der Waals surface area contributed by atoms with Gasteiger partial charge in [0.25, 0.3) is 0 Å². The summed E-state index contributed by atoms with van der Waals surface area (Å²) in [7, 11) is 0. The van der Waals surface area contributed by atoms with E-state index in [-0.39, 0.29) is 24.8 Å². The lowest BCUT2D eigenvalue weighted by Crippen LogP contribution is -2.49. The average Bonchev–Trinajstić information content (AvgIpc) is 3.29. The number of benzene rings is 1. The number of likely N-dealkylation sites (tertiary alicyclic amines) is 1. The molecule has 2 atom stereocenters. The lowest BCUT2D eigenvalue weighted by molar-refractivity contribution is 0.0696. The van der Waals surface area contributed by atoms with Crippen LogP contribution in [0.5, 0.6) is 0 Å². The molecule has 4 aromatic rings. The molecule has 8 heteroatoms. The van der Waals surface area contributed by atoms with Crippen LogP contribution in [-0.2, 0) is 11.3 Å². The topological polar surface area (TPSA) is 84.7 Å². The Morgan fingerprint density at radius 3 is 2.82 bits per heavy atom. The molecule has 1 aliphatic rings. The fourth-order valence-electron chi connectivity index (χ4n) is 4.17. The summed E-state index contributed by atoms with van der Waals surface area (Å²) in [6.07, 6.45) is 8.74. The number of piperidine rings is 1. The van der Waals surface area contributed by atoms with Crippen molar-refractivity contribution >= 4 is 17.6 Å². The lowest BCUT2D eigenvalue weighted by Gasteiger charge is -2.37. The highest BCUT2D eigenvalue weighted by Gasteiger charge is 2.30. The van der Waals surface area contributed by atoms with Crippen molar-refractivity contribution in [2.75, 3.05) is 11.9 Å². The zero-order chi connectivity index (χ0) is 22.6. The fourth-order valence-corrected chi connectivity index (χ4v) is 4.17. The van der Waals surface area contributed by atoms with Crippen molar-refractivity contribution in [1.82, 2.24) is 24.3 Å². The quantitative estimate of drug-likeness (QED) is 0.493. The van der Waals surface area contributed by atoms with Crippen molar-refractivity contribution in [1.29, 1.82) is 0 Å². The molecule has 0 spiro atoms. The number of rotatable bonds is 5. The summed E-state index contributed by atoms with van der Waals surface area (Å²) < 4.78 is 7.55. The molecular formula is C25H26N6O2. The first-order chi connectivity index (χ1) is 16.2. The van der Waals surface area contributed by atoms with Crippen LogP contribution in [0, 0.1) is 0 Å². The second-order valence-electron chi connectivity index (χ2n) is 8.32. The van der Waals surface area contributed by atoms with E-state index in [1.54, 1.807) is 23.5 Å². The Balaban J connectivity index is 1.26. The summed E-state index contributed by atoms with van der Waals surface area (Å²) in [5.74, 6) is 0.676. The van der Waals surface area contributed by atoms with Gasteiger partial charge in [0, 0.05) is 24.8 Å². The van der Waals surface area contributed by atoms with Crippen LogP contribution in [0.4, 0.5) is 10.6 Å². The maximum absolute atomic E-state index is 12.8. The molecule has 1 N–H and O–H groups in total. The Hall–Kier alpha value is -3.94. The Morgan fingerprint density at radius 2 is 1.94 bits per heavy atom. The van der Waals surface area contributed by atoms with Gasteiger partial charge >= 0.3 is 6.09 Å². The van der Waals surface area contributed by atoms with Gasteiger partial charge in [-0.2, -0.15) is 0 Å². The van der Waals surface area contributed by atoms with Gasteiger partial charge in [-0.05, 0) is 37.5 Å². The van der Waals surface area contributed by atoms with Crippen LogP contribution in [0.25, 0.3) is 17.0 Å². The second-order valence-corrected chi connectivity index (χ2v) is 8.32. The van der Waals surface area contributed by atoms with E-state index in [0.717, 1.165) is 35.4 Å². The second kappa shape index (κ2) is 9.28. The number of ether oxygens (including phenoxy) is 1. The smallest absolute Gasteiger partial charge is 0.410 e. The van der Waals surface area contributed by atoms with E-state index in [1.165, 1.54) is 0 Å². The molecule has 5 rings (SSSR count). The van der Waals surface area contributed by atoms with Gasteiger partial charge < -0.3 is 15.0 Å². The van der Waals surface area contributed by atoms with Gasteiger partial charge in [0.05, 0.1) is 24.3 Å². The van der Waals surface area contributed by atoms with Crippen molar-refractivity contribution in [3.05, 3.63) is 78.9 Å². The molecular weight excluding hydrogens is 416 g/mol. The molecule has 1 saturated heterocycles. The van der Waals surface area contributed by atoms with Gasteiger partial charge in [-0.15, -0.1) is 0 Å². The number of anilines is 1. The predicted octanol–water partition coefficient (Wildman–Crippen LogP) is 4.39. The van der Waals surface area contributed by atoms with Gasteiger partial charge in [-0.1, -0.05) is 36.4 Å². The highest BCUT2D eigenvalue weighted by molar-refractivity contribution is 5.68. The zero-order valence-corrected chi connectivity index (χ0v) is 18.5. The van der Waals surface area contributed by atoms with Crippen LogP contribution in [0.15, 0.2) is 73.3 Å². The number of carbonyl (C=O) groups excluding carboxylic acids is 1. The highest BCUT2D eigenvalue weighted by Crippen LogP contribution is 2.23. The Morgan fingerprint density at radius 1 is 1.09 bits per heavy atom. The predicted molar refractivity (Wildman–Crippen MR) is 126 cm³/mol. The first-order valence-electron chi connectivity index (χ1n) is 11.2. The normalized spacial score (nSPS) is 18.3. The number of aromatic nitrogens is 4. The number of imidazole rings is 1. The van der Waals surface area contributed by atoms with Crippen LogP contribution >= 0.6 is 0 Å². The van der Waals surface area contributed by atoms with E-state index in [9.17, 15) is 4.79 Å². The summed E-state index contributed by atoms with van der Waals surface area (Å²) in [6, 6.07) is 15.8. The molecule has 8 nitrogen and oxygen atoms in total. The van der Waals surface area contributed by atoms with Crippen LogP contribution in [0.2, 0.25) is 0 Å². The third-order valence-electron chi connectivity index (χ3n) is 5.99. The minimum atomic E-state index is -0.289. The first-order valence-corrected chi connectivity index (χ1v) is 11.2. The minimum absolute atomic E-state index is 0.0669. The molecule has 1 aromatic carbocycles. The molecule has 1 aliphatic heterocycles. The van der Waals surface area contributed by atoms with E-state index < -0.39 is 0 Å². The highest BCUT2D eigenvalue weighted by atomic mass is 16.6. The number of carbonyl (C=O) groups is 1. The van der Waals surface area contributed by atoms with Crippen LogP contribution in [0.3, 0.4) is 0 Å². The monoisotopic (exact) mass is 442 g/mol. The van der Waals surface area contributed by atoms with Crippen LogP contribution in [0.1, 0.15) is 25.3 Å².